The quantitative estimate of drug-likeness (QED) is 0.143. The summed E-state index contributed by atoms with van der Waals surface area (Å²) in [4.78, 5) is 40.1. The summed E-state index contributed by atoms with van der Waals surface area (Å²) in [5.74, 6) is -4.06. The first-order valence-corrected chi connectivity index (χ1v) is 17.9. The van der Waals surface area contributed by atoms with Crippen LogP contribution < -0.4 is 10.6 Å². The van der Waals surface area contributed by atoms with Crippen molar-refractivity contribution in [3.8, 4) is 0 Å². The normalized spacial score (nSPS) is 38.0. The van der Waals surface area contributed by atoms with Gasteiger partial charge in [0.2, 0.25) is 5.91 Å². The summed E-state index contributed by atoms with van der Waals surface area (Å²) in [6, 6.07) is 1.36. The van der Waals surface area contributed by atoms with E-state index < -0.39 is 39.8 Å². The highest BCUT2D eigenvalue weighted by molar-refractivity contribution is 6.00. The van der Waals surface area contributed by atoms with E-state index in [2.05, 4.69) is 71.8 Å². The molecule has 4 fully saturated rings. The van der Waals surface area contributed by atoms with Crippen LogP contribution in [0.2, 0.25) is 0 Å². The van der Waals surface area contributed by atoms with E-state index in [0.717, 1.165) is 69.4 Å². The number of allylic oxidation sites excluding steroid dienone is 3. The Bertz CT molecular complexity index is 1610. The van der Waals surface area contributed by atoms with E-state index in [1.54, 1.807) is 0 Å². The number of nitrogens with one attached hydrogen (secondary N) is 2. The van der Waals surface area contributed by atoms with Gasteiger partial charge in [0.25, 0.3) is 5.91 Å². The van der Waals surface area contributed by atoms with E-state index in [1.807, 2.05) is 0 Å². The van der Waals surface area contributed by atoms with Crippen LogP contribution in [0.5, 0.6) is 0 Å². The molecule has 0 spiro atoms. The van der Waals surface area contributed by atoms with Crippen LogP contribution in [0.25, 0.3) is 0 Å². The molecule has 1 aromatic rings. The number of hydrogen-bond donors (Lipinski definition) is 2. The molecule has 2 amide bonds. The van der Waals surface area contributed by atoms with Crippen molar-refractivity contribution in [1.82, 2.24) is 10.6 Å². The molecular weight excluding hydrogens is 613 g/mol. The Morgan fingerprint density at radius 3 is 2.23 bits per heavy atom. The maximum Gasteiger partial charge on any atom is 0.257 e. The number of rotatable bonds is 5. The molecule has 2 N–H and O–H groups in total. The number of Topliss-reactive ketones (excluding diaryl/α,β-unsaturated/α-hetero) is 1. The second kappa shape index (κ2) is 11.3. The predicted octanol–water partition coefficient (Wildman–Crippen LogP) is 8.49. The predicted molar refractivity (Wildman–Crippen MR) is 180 cm³/mol. The number of ketones is 1. The van der Waals surface area contributed by atoms with E-state index in [1.165, 1.54) is 5.57 Å². The number of fused-ring (bicyclic) bond motifs is 7. The minimum absolute atomic E-state index is 0.00898. The van der Waals surface area contributed by atoms with E-state index in [9.17, 15) is 27.6 Å². The second-order valence-electron chi connectivity index (χ2n) is 17.9. The topological polar surface area (TPSA) is 75.3 Å². The van der Waals surface area contributed by atoms with Crippen molar-refractivity contribution >= 4 is 17.6 Å². The number of halogens is 3. The monoisotopic (exact) mass is 666 g/mol. The summed E-state index contributed by atoms with van der Waals surface area (Å²) in [6.45, 7) is 20.5. The molecule has 48 heavy (non-hydrogen) atoms. The Labute approximate surface area is 284 Å². The van der Waals surface area contributed by atoms with Crippen molar-refractivity contribution in [3.63, 3.8) is 0 Å². The summed E-state index contributed by atoms with van der Waals surface area (Å²) < 4.78 is 41.9. The lowest BCUT2D eigenvalue weighted by Gasteiger charge is -2.70. The molecule has 5 nitrogen and oxygen atoms in total. The Hall–Kier alpha value is -2.90. The maximum atomic E-state index is 14.3. The van der Waals surface area contributed by atoms with Crippen LogP contribution in [0.4, 0.5) is 13.2 Å². The number of amides is 2. The van der Waals surface area contributed by atoms with Gasteiger partial charge >= 0.3 is 0 Å². The molecule has 0 unspecified atom stereocenters. The number of hydrogen-bond acceptors (Lipinski definition) is 3. The average molecular weight is 667 g/mol. The Morgan fingerprint density at radius 1 is 0.875 bits per heavy atom. The zero-order chi connectivity index (χ0) is 35.2. The van der Waals surface area contributed by atoms with Crippen LogP contribution in [-0.4, -0.2) is 30.7 Å². The lowest BCUT2D eigenvalue weighted by Crippen LogP contribution is -2.65. The van der Waals surface area contributed by atoms with Crippen molar-refractivity contribution in [3.05, 3.63) is 58.9 Å². The molecule has 0 bridgehead atoms. The van der Waals surface area contributed by atoms with Crippen molar-refractivity contribution in [2.75, 3.05) is 13.1 Å². The number of carbonyl (C=O) groups excluding carboxylic acids is 3. The van der Waals surface area contributed by atoms with Gasteiger partial charge < -0.3 is 10.6 Å². The van der Waals surface area contributed by atoms with Crippen molar-refractivity contribution in [2.45, 2.75) is 106 Å². The van der Waals surface area contributed by atoms with Crippen molar-refractivity contribution in [1.29, 1.82) is 0 Å². The molecule has 8 heteroatoms. The van der Waals surface area contributed by atoms with E-state index in [0.29, 0.717) is 17.9 Å². The van der Waals surface area contributed by atoms with Crippen LogP contribution in [0.1, 0.15) is 117 Å². The van der Waals surface area contributed by atoms with Gasteiger partial charge in [0.15, 0.2) is 17.4 Å². The first kappa shape index (κ1) is 34.9. The zero-order valence-corrected chi connectivity index (χ0v) is 29.8. The third-order valence-corrected chi connectivity index (χ3v) is 14.7. The van der Waals surface area contributed by atoms with Crippen molar-refractivity contribution in [2.24, 2.45) is 50.2 Å². The molecule has 0 radical (unpaired) electrons. The summed E-state index contributed by atoms with van der Waals surface area (Å²) in [5, 5.41) is 5.50. The van der Waals surface area contributed by atoms with E-state index in [4.69, 9.17) is 0 Å². The van der Waals surface area contributed by atoms with Gasteiger partial charge in [-0.1, -0.05) is 66.7 Å². The van der Waals surface area contributed by atoms with E-state index >= 15 is 0 Å². The van der Waals surface area contributed by atoms with Crippen LogP contribution in [-0.2, 0) is 9.59 Å². The third kappa shape index (κ3) is 4.88. The van der Waals surface area contributed by atoms with E-state index in [-0.39, 0.29) is 52.4 Å². The van der Waals surface area contributed by atoms with Gasteiger partial charge in [0.1, 0.15) is 11.4 Å². The van der Waals surface area contributed by atoms with Gasteiger partial charge in [-0.3, -0.25) is 14.4 Å². The standard InChI is InChI=1S/C40H53F3N2O3/c1-23-21-37(6)28(36(4,5)32(23)46)13-14-39(8)29(37)12-9-24-25-22-35(2,3)15-17-40(25,18-16-38(24,39)7)34(48)45-20-19-44-33(47)30-26(41)10-11-27(42)31(30)43/h9-11,25,28-29H,1,12-22H2,2-8H3,(H,44,47)(H,45,48)/t25-,28-,29+,37-,38+,39+,40-/m0/s1. The molecular formula is C40H53F3N2O3. The van der Waals surface area contributed by atoms with Gasteiger partial charge in [-0.05, 0) is 115 Å². The van der Waals surface area contributed by atoms with Crippen molar-refractivity contribution < 1.29 is 27.6 Å². The first-order valence-electron chi connectivity index (χ1n) is 17.9. The number of carbonyl (C=O) groups is 3. The van der Waals surface area contributed by atoms with Gasteiger partial charge in [-0.25, -0.2) is 13.2 Å². The highest BCUT2D eigenvalue weighted by Crippen LogP contribution is 2.75. The molecule has 4 saturated carbocycles. The lowest BCUT2D eigenvalue weighted by molar-refractivity contribution is -0.179. The molecule has 7 atom stereocenters. The lowest BCUT2D eigenvalue weighted by atomic mass is 9.33. The summed E-state index contributed by atoms with van der Waals surface area (Å²) in [5.41, 5.74) is 0.172. The minimum Gasteiger partial charge on any atom is -0.354 e. The fourth-order valence-corrected chi connectivity index (χ4v) is 12.0. The molecule has 6 rings (SSSR count). The van der Waals surface area contributed by atoms with Crippen LogP contribution >= 0.6 is 0 Å². The molecule has 0 heterocycles. The minimum atomic E-state index is -1.53. The number of benzene rings is 1. The largest absolute Gasteiger partial charge is 0.354 e. The summed E-state index contributed by atoms with van der Waals surface area (Å²) in [7, 11) is 0. The Morgan fingerprint density at radius 2 is 1.52 bits per heavy atom. The highest BCUT2D eigenvalue weighted by atomic mass is 19.2. The molecule has 0 aromatic heterocycles. The van der Waals surface area contributed by atoms with Gasteiger partial charge in [-0.15, -0.1) is 0 Å². The smallest absolute Gasteiger partial charge is 0.257 e. The van der Waals surface area contributed by atoms with Gasteiger partial charge in [-0.2, -0.15) is 0 Å². The zero-order valence-electron chi connectivity index (χ0n) is 29.8. The average Bonchev–Trinajstić information content (AvgIpc) is 3.00. The molecule has 1 aromatic carbocycles. The molecule has 0 saturated heterocycles. The van der Waals surface area contributed by atoms with Gasteiger partial charge in [0, 0.05) is 18.5 Å². The molecule has 262 valence electrons. The van der Waals surface area contributed by atoms with Crippen LogP contribution in [0, 0.1) is 67.7 Å². The fraction of sp³-hybridized carbons (Fsp3) is 0.675. The Balaban J connectivity index is 1.25. The fourth-order valence-electron chi connectivity index (χ4n) is 12.0. The first-order chi connectivity index (χ1) is 22.2. The maximum absolute atomic E-state index is 14.3. The third-order valence-electron chi connectivity index (χ3n) is 14.7. The van der Waals surface area contributed by atoms with Crippen LogP contribution in [0.15, 0.2) is 35.9 Å². The van der Waals surface area contributed by atoms with Gasteiger partial charge in [0.05, 0.1) is 5.41 Å². The molecule has 0 aliphatic heterocycles. The SMILES string of the molecule is C=C1C[C@]2(C)[C@H]3CC=C4[C@@H]5CC(C)(C)CC[C@]5(C(=O)NCCNC(=O)c5c(F)ccc(F)c5F)CC[C@@]4(C)[C@]3(C)CC[C@H]2C(C)(C)C1=O. The summed E-state index contributed by atoms with van der Waals surface area (Å²) >= 11 is 0. The second-order valence-corrected chi connectivity index (χ2v) is 17.9. The van der Waals surface area contributed by atoms with Crippen LogP contribution in [0.3, 0.4) is 0 Å². The molecule has 5 aliphatic carbocycles. The summed E-state index contributed by atoms with van der Waals surface area (Å²) in [6.07, 6.45) is 10.5. The highest BCUT2D eigenvalue weighted by Gasteiger charge is 2.69. The Kier molecular flexibility index (Phi) is 8.24. The molecule has 5 aliphatic rings.